The number of rotatable bonds is 7. The van der Waals surface area contributed by atoms with Crippen LogP contribution in [0.3, 0.4) is 0 Å². The first-order valence-corrected chi connectivity index (χ1v) is 10.4. The molecule has 4 heteroatoms. The van der Waals surface area contributed by atoms with Gasteiger partial charge in [0.15, 0.2) is 0 Å². The number of nitrogens with one attached hydrogen (secondary N) is 1. The minimum absolute atomic E-state index is 0.0501. The maximum absolute atomic E-state index is 12.3. The quantitative estimate of drug-likeness (QED) is 0.720. The Bertz CT molecular complexity index is 763. The van der Waals surface area contributed by atoms with E-state index in [1.807, 2.05) is 24.3 Å². The second kappa shape index (κ2) is 10.3. The van der Waals surface area contributed by atoms with Crippen molar-refractivity contribution in [1.82, 2.24) is 10.2 Å². The average molecular weight is 381 g/mol. The van der Waals surface area contributed by atoms with Crippen molar-refractivity contribution in [3.63, 3.8) is 0 Å². The molecule has 0 saturated carbocycles. The number of carbonyl (C=O) groups excluding carboxylic acids is 1. The zero-order valence-corrected chi connectivity index (χ0v) is 17.2. The van der Waals surface area contributed by atoms with Crippen molar-refractivity contribution in [3.8, 4) is 5.75 Å². The topological polar surface area (TPSA) is 41.6 Å². The maximum atomic E-state index is 12.3. The summed E-state index contributed by atoms with van der Waals surface area (Å²) in [7, 11) is 0. The van der Waals surface area contributed by atoms with E-state index in [0.29, 0.717) is 18.7 Å². The molecule has 0 bridgehead atoms. The van der Waals surface area contributed by atoms with Gasteiger partial charge in [-0.05, 0) is 74.7 Å². The van der Waals surface area contributed by atoms with Gasteiger partial charge in [-0.25, -0.2) is 0 Å². The first-order chi connectivity index (χ1) is 13.6. The van der Waals surface area contributed by atoms with Crippen LogP contribution in [0.1, 0.15) is 52.7 Å². The van der Waals surface area contributed by atoms with Gasteiger partial charge >= 0.3 is 0 Å². The highest BCUT2D eigenvalue weighted by atomic mass is 16.5. The van der Waals surface area contributed by atoms with Crippen LogP contribution in [0.4, 0.5) is 0 Å². The van der Waals surface area contributed by atoms with Crippen molar-refractivity contribution in [3.05, 3.63) is 64.7 Å². The number of hydrogen-bond donors (Lipinski definition) is 1. The Morgan fingerprint density at radius 1 is 1.00 bits per heavy atom. The van der Waals surface area contributed by atoms with E-state index in [4.69, 9.17) is 4.74 Å². The number of likely N-dealkylation sites (tertiary alicyclic amines) is 1. The summed E-state index contributed by atoms with van der Waals surface area (Å²) in [6, 6.07) is 14.0. The molecule has 0 aliphatic carbocycles. The average Bonchev–Trinajstić information content (AvgIpc) is 2.97. The van der Waals surface area contributed by atoms with E-state index in [-0.39, 0.29) is 5.91 Å². The largest absolute Gasteiger partial charge is 0.491 e. The monoisotopic (exact) mass is 380 g/mol. The standard InChI is InChI=1S/C24H32N2O2/c1-19-8-7-9-23(20(19)2)28-17-14-25-24(27)22-12-10-21(11-13-22)18-26-15-5-3-4-6-16-26/h7-13H,3-6,14-18H2,1-2H3,(H,25,27). The van der Waals surface area contributed by atoms with Gasteiger partial charge in [-0.3, -0.25) is 9.69 Å². The number of amides is 1. The summed E-state index contributed by atoms with van der Waals surface area (Å²) in [5, 5.41) is 2.94. The third-order valence-electron chi connectivity index (χ3n) is 5.52. The van der Waals surface area contributed by atoms with Gasteiger partial charge in [0.2, 0.25) is 0 Å². The molecule has 0 unspecified atom stereocenters. The fourth-order valence-electron chi connectivity index (χ4n) is 3.62. The molecule has 2 aromatic rings. The Hall–Kier alpha value is -2.33. The van der Waals surface area contributed by atoms with Crippen molar-refractivity contribution in [2.45, 2.75) is 46.1 Å². The Morgan fingerprint density at radius 3 is 2.43 bits per heavy atom. The van der Waals surface area contributed by atoms with Gasteiger partial charge in [0.1, 0.15) is 12.4 Å². The van der Waals surface area contributed by atoms with Crippen molar-refractivity contribution in [1.29, 1.82) is 0 Å². The molecule has 1 saturated heterocycles. The molecule has 2 aromatic carbocycles. The molecule has 0 aromatic heterocycles. The molecular weight excluding hydrogens is 348 g/mol. The minimum Gasteiger partial charge on any atom is -0.491 e. The molecule has 0 spiro atoms. The van der Waals surface area contributed by atoms with Gasteiger partial charge in [-0.2, -0.15) is 0 Å². The van der Waals surface area contributed by atoms with Crippen LogP contribution in [0.2, 0.25) is 0 Å². The van der Waals surface area contributed by atoms with E-state index in [0.717, 1.165) is 17.9 Å². The van der Waals surface area contributed by atoms with Crippen molar-refractivity contribution >= 4 is 5.91 Å². The molecule has 3 rings (SSSR count). The number of carbonyl (C=O) groups is 1. The number of ether oxygens (including phenoxy) is 1. The Balaban J connectivity index is 1.43. The lowest BCUT2D eigenvalue weighted by Crippen LogP contribution is -2.28. The van der Waals surface area contributed by atoms with Gasteiger partial charge in [0, 0.05) is 12.1 Å². The fraction of sp³-hybridized carbons (Fsp3) is 0.458. The van der Waals surface area contributed by atoms with Crippen LogP contribution >= 0.6 is 0 Å². The Labute approximate surface area is 168 Å². The maximum Gasteiger partial charge on any atom is 0.251 e. The van der Waals surface area contributed by atoms with E-state index < -0.39 is 0 Å². The summed E-state index contributed by atoms with van der Waals surface area (Å²) in [5.41, 5.74) is 4.33. The molecule has 1 N–H and O–H groups in total. The molecule has 1 amide bonds. The highest BCUT2D eigenvalue weighted by molar-refractivity contribution is 5.94. The third kappa shape index (κ3) is 5.83. The van der Waals surface area contributed by atoms with Crippen LogP contribution < -0.4 is 10.1 Å². The lowest BCUT2D eigenvalue weighted by atomic mass is 10.1. The first kappa shape index (κ1) is 20.4. The molecule has 1 fully saturated rings. The van der Waals surface area contributed by atoms with Gasteiger partial charge in [-0.15, -0.1) is 0 Å². The number of benzene rings is 2. The van der Waals surface area contributed by atoms with Crippen LogP contribution in [-0.4, -0.2) is 37.0 Å². The lowest BCUT2D eigenvalue weighted by molar-refractivity contribution is 0.0947. The highest BCUT2D eigenvalue weighted by Crippen LogP contribution is 2.20. The third-order valence-corrected chi connectivity index (χ3v) is 5.52. The Kier molecular flexibility index (Phi) is 7.49. The smallest absolute Gasteiger partial charge is 0.251 e. The minimum atomic E-state index is -0.0501. The van der Waals surface area contributed by atoms with E-state index in [9.17, 15) is 4.79 Å². The molecule has 28 heavy (non-hydrogen) atoms. The first-order valence-electron chi connectivity index (χ1n) is 10.4. The summed E-state index contributed by atoms with van der Waals surface area (Å²) in [4.78, 5) is 14.9. The van der Waals surface area contributed by atoms with Crippen LogP contribution in [0.5, 0.6) is 5.75 Å². The van der Waals surface area contributed by atoms with E-state index in [1.54, 1.807) is 0 Å². The molecule has 4 nitrogen and oxygen atoms in total. The zero-order chi connectivity index (χ0) is 19.8. The molecule has 150 valence electrons. The van der Waals surface area contributed by atoms with E-state index >= 15 is 0 Å². The second-order valence-electron chi connectivity index (χ2n) is 7.69. The number of aryl methyl sites for hydroxylation is 1. The van der Waals surface area contributed by atoms with Crippen LogP contribution in [0.25, 0.3) is 0 Å². The zero-order valence-electron chi connectivity index (χ0n) is 17.2. The van der Waals surface area contributed by atoms with Gasteiger partial charge in [0.05, 0.1) is 6.54 Å². The molecular formula is C24H32N2O2. The van der Waals surface area contributed by atoms with Crippen LogP contribution in [-0.2, 0) is 6.54 Å². The van der Waals surface area contributed by atoms with Crippen molar-refractivity contribution < 1.29 is 9.53 Å². The Morgan fingerprint density at radius 2 is 1.71 bits per heavy atom. The number of hydrogen-bond acceptors (Lipinski definition) is 3. The molecule has 1 heterocycles. The van der Waals surface area contributed by atoms with Gasteiger partial charge < -0.3 is 10.1 Å². The fourth-order valence-corrected chi connectivity index (χ4v) is 3.62. The normalized spacial score (nSPS) is 15.1. The van der Waals surface area contributed by atoms with Crippen molar-refractivity contribution in [2.75, 3.05) is 26.2 Å². The molecule has 1 aliphatic rings. The highest BCUT2D eigenvalue weighted by Gasteiger charge is 2.10. The lowest BCUT2D eigenvalue weighted by Gasteiger charge is -2.19. The SMILES string of the molecule is Cc1cccc(OCCNC(=O)c2ccc(CN3CCCCCC3)cc2)c1C. The summed E-state index contributed by atoms with van der Waals surface area (Å²) < 4.78 is 5.80. The summed E-state index contributed by atoms with van der Waals surface area (Å²) in [6.45, 7) is 8.42. The summed E-state index contributed by atoms with van der Waals surface area (Å²) >= 11 is 0. The summed E-state index contributed by atoms with van der Waals surface area (Å²) in [6.07, 6.45) is 5.29. The van der Waals surface area contributed by atoms with Gasteiger partial charge in [0.25, 0.3) is 5.91 Å². The van der Waals surface area contributed by atoms with Crippen LogP contribution in [0.15, 0.2) is 42.5 Å². The molecule has 0 radical (unpaired) electrons. The molecule has 1 aliphatic heterocycles. The van der Waals surface area contributed by atoms with E-state index in [2.05, 4.69) is 42.3 Å². The number of nitrogens with zero attached hydrogens (tertiary/aromatic N) is 1. The second-order valence-corrected chi connectivity index (χ2v) is 7.69. The van der Waals surface area contributed by atoms with Crippen molar-refractivity contribution in [2.24, 2.45) is 0 Å². The van der Waals surface area contributed by atoms with E-state index in [1.165, 1.54) is 49.9 Å². The predicted molar refractivity (Wildman–Crippen MR) is 114 cm³/mol. The molecule has 0 atom stereocenters. The predicted octanol–water partition coefficient (Wildman–Crippen LogP) is 4.49. The van der Waals surface area contributed by atoms with Crippen LogP contribution in [0, 0.1) is 13.8 Å². The van der Waals surface area contributed by atoms with Gasteiger partial charge in [-0.1, -0.05) is 37.1 Å². The summed E-state index contributed by atoms with van der Waals surface area (Å²) in [5.74, 6) is 0.831.